The molecule has 4 nitrogen and oxygen atoms in total. The van der Waals surface area contributed by atoms with Crippen LogP contribution in [0.2, 0.25) is 0 Å². The van der Waals surface area contributed by atoms with Gasteiger partial charge in [-0.05, 0) is 47.9 Å². The first-order chi connectivity index (χ1) is 14.2. The number of anilines is 1. The molecule has 0 spiro atoms. The Kier molecular flexibility index (Phi) is 6.79. The van der Waals surface area contributed by atoms with Crippen LogP contribution in [0.5, 0.6) is 0 Å². The third kappa shape index (κ3) is 4.49. The fourth-order valence-corrected chi connectivity index (χ4v) is 4.12. The van der Waals surface area contributed by atoms with E-state index in [2.05, 4.69) is 0 Å². The second kappa shape index (κ2) is 8.88. The Hall–Kier alpha value is -1.96. The van der Waals surface area contributed by atoms with Gasteiger partial charge in [-0.25, -0.2) is 0 Å². The molecule has 3 aliphatic rings. The van der Waals surface area contributed by atoms with E-state index in [4.69, 9.17) is 4.74 Å². The first-order valence-electron chi connectivity index (χ1n) is 9.83. The number of alkyl halides is 3. The predicted octanol–water partition coefficient (Wildman–Crippen LogP) is 0.772. The number of aliphatic carboxylic acids is 1. The van der Waals surface area contributed by atoms with Crippen molar-refractivity contribution in [2.45, 2.75) is 32.5 Å². The zero-order chi connectivity index (χ0) is 21.6. The van der Waals surface area contributed by atoms with Crippen LogP contribution in [0, 0.1) is 5.92 Å². The molecule has 0 bridgehead atoms. The molecule has 0 amide bonds. The van der Waals surface area contributed by atoms with Gasteiger partial charge < -0.3 is 19.5 Å². The molecule has 31 heavy (non-hydrogen) atoms. The Balaban J connectivity index is 0.00000272. The summed E-state index contributed by atoms with van der Waals surface area (Å²) in [6.07, 6.45) is -0.959. The van der Waals surface area contributed by atoms with E-state index in [1.165, 1.54) is 6.08 Å². The number of carbonyl (C=O) groups is 1. The van der Waals surface area contributed by atoms with Crippen molar-refractivity contribution in [2.24, 2.45) is 5.92 Å². The van der Waals surface area contributed by atoms with Crippen molar-refractivity contribution in [1.29, 1.82) is 0 Å². The molecule has 1 unspecified atom stereocenters. The third-order valence-electron chi connectivity index (χ3n) is 5.79. The molecule has 1 saturated heterocycles. The maximum atomic E-state index is 13.2. The first-order valence-corrected chi connectivity index (χ1v) is 9.83. The van der Waals surface area contributed by atoms with Gasteiger partial charge in [-0.15, -0.1) is 0 Å². The zero-order valence-electron chi connectivity index (χ0n) is 17.6. The normalized spacial score (nSPS) is 21.1. The number of benzene rings is 1. The number of rotatable bonds is 4. The molecule has 1 aromatic carbocycles. The SMILES string of the molecule is CCC1=C(C)C(c2cccc(N3CC(C(=O)[O-])C3)c2)=C2C=CC(C(F)(F)F)=CC2O1.[Na+]. The van der Waals surface area contributed by atoms with Gasteiger partial charge in [0.05, 0.1) is 5.57 Å². The van der Waals surface area contributed by atoms with Crippen molar-refractivity contribution in [3.05, 3.63) is 70.5 Å². The molecule has 0 radical (unpaired) electrons. The number of hydrogen-bond acceptors (Lipinski definition) is 4. The average molecular weight is 439 g/mol. The molecular formula is C23H21F3NNaO3. The minimum absolute atomic E-state index is 0. The summed E-state index contributed by atoms with van der Waals surface area (Å²) < 4.78 is 45.5. The number of fused-ring (bicyclic) bond motifs is 1. The average Bonchev–Trinajstić information content (AvgIpc) is 2.65. The van der Waals surface area contributed by atoms with Crippen LogP contribution in [0.3, 0.4) is 0 Å². The molecule has 0 saturated carbocycles. The molecule has 2 heterocycles. The van der Waals surface area contributed by atoms with Crippen molar-refractivity contribution in [3.8, 4) is 0 Å². The second-order valence-corrected chi connectivity index (χ2v) is 7.69. The first kappa shape index (κ1) is 23.7. The molecule has 0 N–H and O–H groups in total. The minimum Gasteiger partial charge on any atom is -0.550 e. The van der Waals surface area contributed by atoms with E-state index in [-0.39, 0.29) is 29.6 Å². The molecule has 158 valence electrons. The van der Waals surface area contributed by atoms with Crippen molar-refractivity contribution in [1.82, 2.24) is 0 Å². The fourth-order valence-electron chi connectivity index (χ4n) is 4.12. The number of carbonyl (C=O) groups excluding carboxylic acids is 1. The fraction of sp³-hybridized carbons (Fsp3) is 0.348. The standard InChI is InChI=1S/C23H22F3NO3.Na/c1-3-19-13(2)21(18-8-7-16(23(24,25)26)10-20(18)30-19)14-5-4-6-17(9-14)27-11-15(12-27)22(28)29;/h4-10,15,20H,3,11-12H2,1-2H3,(H,28,29);/q;+1/p-1. The molecule has 8 heteroatoms. The van der Waals surface area contributed by atoms with E-state index in [0.717, 1.165) is 34.5 Å². The Morgan fingerprint density at radius 1 is 1.26 bits per heavy atom. The number of carboxylic acid groups (broad SMARTS) is 1. The van der Waals surface area contributed by atoms with Gasteiger partial charge >= 0.3 is 35.7 Å². The van der Waals surface area contributed by atoms with Crippen LogP contribution in [0.1, 0.15) is 25.8 Å². The Labute approximate surface area is 201 Å². The largest absolute Gasteiger partial charge is 1.00 e. The van der Waals surface area contributed by atoms with E-state index >= 15 is 0 Å². The number of nitrogens with zero attached hydrogens (tertiary/aromatic N) is 1. The quantitative estimate of drug-likeness (QED) is 0.651. The summed E-state index contributed by atoms with van der Waals surface area (Å²) in [6.45, 7) is 4.59. The molecular weight excluding hydrogens is 418 g/mol. The number of allylic oxidation sites excluding steroid dienone is 5. The second-order valence-electron chi connectivity index (χ2n) is 7.69. The monoisotopic (exact) mass is 439 g/mol. The van der Waals surface area contributed by atoms with E-state index in [0.29, 0.717) is 30.8 Å². The van der Waals surface area contributed by atoms with Crippen LogP contribution in [0.4, 0.5) is 18.9 Å². The molecule has 1 aliphatic carbocycles. The number of carboxylic acids is 1. The van der Waals surface area contributed by atoms with Gasteiger partial charge in [0.2, 0.25) is 0 Å². The van der Waals surface area contributed by atoms with Crippen LogP contribution in [-0.2, 0) is 9.53 Å². The summed E-state index contributed by atoms with van der Waals surface area (Å²) in [5, 5.41) is 11.0. The van der Waals surface area contributed by atoms with Crippen molar-refractivity contribution >= 4 is 17.2 Å². The van der Waals surface area contributed by atoms with Crippen LogP contribution in [0.25, 0.3) is 5.57 Å². The summed E-state index contributed by atoms with van der Waals surface area (Å²) in [7, 11) is 0. The van der Waals surface area contributed by atoms with E-state index in [9.17, 15) is 23.1 Å². The van der Waals surface area contributed by atoms with Gasteiger partial charge in [0.15, 0.2) is 0 Å². The minimum atomic E-state index is -4.43. The maximum absolute atomic E-state index is 13.2. The summed E-state index contributed by atoms with van der Waals surface area (Å²) in [5.74, 6) is -0.868. The Morgan fingerprint density at radius 3 is 2.58 bits per heavy atom. The topological polar surface area (TPSA) is 52.6 Å². The van der Waals surface area contributed by atoms with E-state index in [1.54, 1.807) is 0 Å². The zero-order valence-corrected chi connectivity index (χ0v) is 19.6. The Bertz CT molecular complexity index is 1020. The summed E-state index contributed by atoms with van der Waals surface area (Å²) in [4.78, 5) is 12.9. The number of ether oxygens (including phenoxy) is 1. The van der Waals surface area contributed by atoms with Gasteiger partial charge in [-0.2, -0.15) is 13.2 Å². The van der Waals surface area contributed by atoms with Crippen LogP contribution in [0.15, 0.2) is 65.0 Å². The van der Waals surface area contributed by atoms with Gasteiger partial charge in [0, 0.05) is 42.7 Å². The number of halogens is 3. The van der Waals surface area contributed by atoms with Crippen molar-refractivity contribution in [2.75, 3.05) is 18.0 Å². The van der Waals surface area contributed by atoms with E-state index in [1.807, 2.05) is 43.0 Å². The molecule has 1 aromatic rings. The summed E-state index contributed by atoms with van der Waals surface area (Å²) >= 11 is 0. The van der Waals surface area contributed by atoms with Gasteiger partial charge in [-0.3, -0.25) is 0 Å². The Morgan fingerprint density at radius 2 is 1.97 bits per heavy atom. The predicted molar refractivity (Wildman–Crippen MR) is 105 cm³/mol. The molecule has 0 aromatic heterocycles. The van der Waals surface area contributed by atoms with Crippen molar-refractivity contribution in [3.63, 3.8) is 0 Å². The smallest absolute Gasteiger partial charge is 0.550 e. The molecule has 4 rings (SSSR count). The summed E-state index contributed by atoms with van der Waals surface area (Å²) in [5.41, 5.74) is 3.46. The van der Waals surface area contributed by atoms with Crippen LogP contribution >= 0.6 is 0 Å². The third-order valence-corrected chi connectivity index (χ3v) is 5.79. The van der Waals surface area contributed by atoms with Crippen LogP contribution in [-0.4, -0.2) is 31.3 Å². The van der Waals surface area contributed by atoms with Gasteiger partial charge in [-0.1, -0.05) is 25.1 Å². The van der Waals surface area contributed by atoms with Crippen LogP contribution < -0.4 is 39.6 Å². The number of hydrogen-bond donors (Lipinski definition) is 0. The summed E-state index contributed by atoms with van der Waals surface area (Å²) in [6, 6.07) is 7.63. The maximum Gasteiger partial charge on any atom is 1.00 e. The molecule has 1 atom stereocenters. The van der Waals surface area contributed by atoms with E-state index < -0.39 is 29.7 Å². The van der Waals surface area contributed by atoms with Gasteiger partial charge in [0.25, 0.3) is 0 Å². The molecule has 2 aliphatic heterocycles. The van der Waals surface area contributed by atoms with Gasteiger partial charge in [0.1, 0.15) is 11.9 Å². The van der Waals surface area contributed by atoms with Crippen molar-refractivity contribution < 1.29 is 57.4 Å². The molecule has 1 fully saturated rings.